The van der Waals surface area contributed by atoms with Crippen LogP contribution in [0.25, 0.3) is 10.9 Å². The Labute approximate surface area is 135 Å². The second-order valence-corrected chi connectivity index (χ2v) is 6.05. The zero-order chi connectivity index (χ0) is 16.4. The van der Waals surface area contributed by atoms with Gasteiger partial charge >= 0.3 is 0 Å². The van der Waals surface area contributed by atoms with Crippen molar-refractivity contribution in [3.63, 3.8) is 0 Å². The van der Waals surface area contributed by atoms with Crippen LogP contribution in [0.5, 0.6) is 5.75 Å². The number of benzene rings is 1. The van der Waals surface area contributed by atoms with Crippen molar-refractivity contribution < 1.29 is 9.53 Å². The van der Waals surface area contributed by atoms with Gasteiger partial charge in [0, 0.05) is 24.5 Å². The molecule has 0 unspecified atom stereocenters. The summed E-state index contributed by atoms with van der Waals surface area (Å²) in [6.07, 6.45) is 3.25. The van der Waals surface area contributed by atoms with Gasteiger partial charge in [-0.3, -0.25) is 14.2 Å². The molecule has 1 aliphatic heterocycles. The van der Waals surface area contributed by atoms with Crippen molar-refractivity contribution in [3.05, 3.63) is 40.2 Å². The minimum atomic E-state index is -0.162. The number of aromatic nitrogens is 1. The number of nitrogens with zero attached hydrogens (tertiary/aromatic N) is 2. The first-order valence-corrected chi connectivity index (χ1v) is 8.07. The van der Waals surface area contributed by atoms with Gasteiger partial charge in [-0.25, -0.2) is 0 Å². The van der Waals surface area contributed by atoms with E-state index in [1.165, 1.54) is 11.0 Å². The van der Waals surface area contributed by atoms with Crippen molar-refractivity contribution in [2.24, 2.45) is 0 Å². The van der Waals surface area contributed by atoms with Crippen LogP contribution in [-0.2, 0) is 11.3 Å². The summed E-state index contributed by atoms with van der Waals surface area (Å²) in [4.78, 5) is 26.9. The summed E-state index contributed by atoms with van der Waals surface area (Å²) in [5, 5.41) is 0.940. The summed E-state index contributed by atoms with van der Waals surface area (Å²) < 4.78 is 6.96. The van der Waals surface area contributed by atoms with Crippen LogP contribution in [0.2, 0.25) is 0 Å². The van der Waals surface area contributed by atoms with Crippen molar-refractivity contribution in [2.45, 2.75) is 32.7 Å². The minimum Gasteiger partial charge on any atom is -0.495 e. The summed E-state index contributed by atoms with van der Waals surface area (Å²) in [6, 6.07) is 7.26. The standard InChI is InChI=1S/C18H22N2O3/c1-13-11-16(21)20(12-17(22)19-9-4-3-5-10-19)18-14(13)7-6-8-15(18)23-2/h6-8,11H,3-5,9-10,12H2,1-2H3. The summed E-state index contributed by atoms with van der Waals surface area (Å²) in [5.74, 6) is 0.623. The highest BCUT2D eigenvalue weighted by Gasteiger charge is 2.19. The van der Waals surface area contributed by atoms with Gasteiger partial charge in [0.15, 0.2) is 0 Å². The van der Waals surface area contributed by atoms with Gasteiger partial charge in [-0.05, 0) is 37.8 Å². The zero-order valence-electron chi connectivity index (χ0n) is 13.7. The molecule has 23 heavy (non-hydrogen) atoms. The second kappa shape index (κ2) is 6.44. The lowest BCUT2D eigenvalue weighted by molar-refractivity contribution is -0.132. The number of fused-ring (bicyclic) bond motifs is 1. The fourth-order valence-electron chi connectivity index (χ4n) is 3.27. The Morgan fingerprint density at radius 1 is 1.22 bits per heavy atom. The van der Waals surface area contributed by atoms with Gasteiger partial charge in [0.1, 0.15) is 12.3 Å². The first-order chi connectivity index (χ1) is 11.1. The third kappa shape index (κ3) is 2.96. The minimum absolute atomic E-state index is 0.00265. The van der Waals surface area contributed by atoms with Gasteiger partial charge in [0.05, 0.1) is 12.6 Å². The van der Waals surface area contributed by atoms with E-state index in [9.17, 15) is 9.59 Å². The quantitative estimate of drug-likeness (QED) is 0.874. The summed E-state index contributed by atoms with van der Waals surface area (Å²) in [7, 11) is 1.58. The summed E-state index contributed by atoms with van der Waals surface area (Å²) in [5.41, 5.74) is 1.43. The summed E-state index contributed by atoms with van der Waals surface area (Å²) >= 11 is 0. The number of pyridine rings is 1. The molecule has 0 spiro atoms. The molecule has 122 valence electrons. The molecule has 1 fully saturated rings. The molecule has 1 aromatic heterocycles. The number of hydrogen-bond acceptors (Lipinski definition) is 3. The molecule has 0 aliphatic carbocycles. The maximum absolute atomic E-state index is 12.6. The Hall–Kier alpha value is -2.30. The molecule has 0 saturated carbocycles. The lowest BCUT2D eigenvalue weighted by Crippen LogP contribution is -2.39. The zero-order valence-corrected chi connectivity index (χ0v) is 13.7. The highest BCUT2D eigenvalue weighted by Crippen LogP contribution is 2.26. The maximum Gasteiger partial charge on any atom is 0.251 e. The van der Waals surface area contributed by atoms with Crippen LogP contribution in [-0.4, -0.2) is 35.6 Å². The monoisotopic (exact) mass is 314 g/mol. The van der Waals surface area contributed by atoms with Gasteiger partial charge in [-0.2, -0.15) is 0 Å². The summed E-state index contributed by atoms with van der Waals surface area (Å²) in [6.45, 7) is 3.54. The van der Waals surface area contributed by atoms with Crippen molar-refractivity contribution in [1.29, 1.82) is 0 Å². The van der Waals surface area contributed by atoms with Crippen molar-refractivity contribution in [2.75, 3.05) is 20.2 Å². The number of methoxy groups -OCH3 is 1. The first kappa shape index (κ1) is 15.6. The van der Waals surface area contributed by atoms with Gasteiger partial charge in [-0.15, -0.1) is 0 Å². The average Bonchev–Trinajstić information content (AvgIpc) is 2.58. The van der Waals surface area contributed by atoms with E-state index in [4.69, 9.17) is 4.74 Å². The number of ether oxygens (including phenoxy) is 1. The first-order valence-electron chi connectivity index (χ1n) is 8.07. The molecule has 0 atom stereocenters. The van der Waals surface area contributed by atoms with Gasteiger partial charge < -0.3 is 9.64 Å². The van der Waals surface area contributed by atoms with E-state index in [2.05, 4.69) is 0 Å². The molecule has 1 aliphatic rings. The van der Waals surface area contributed by atoms with Crippen LogP contribution < -0.4 is 10.3 Å². The number of piperidine rings is 1. The van der Waals surface area contributed by atoms with Crippen molar-refractivity contribution in [3.8, 4) is 5.75 Å². The third-order valence-electron chi connectivity index (χ3n) is 4.52. The molecule has 1 saturated heterocycles. The average molecular weight is 314 g/mol. The van der Waals surface area contributed by atoms with Gasteiger partial charge in [0.2, 0.25) is 5.91 Å². The second-order valence-electron chi connectivity index (χ2n) is 6.05. The molecule has 1 aromatic carbocycles. The molecule has 2 aromatic rings. The normalized spacial score (nSPS) is 15.0. The SMILES string of the molecule is COc1cccc2c(C)cc(=O)n(CC(=O)N3CCCCC3)c12. The Morgan fingerprint density at radius 2 is 1.96 bits per heavy atom. The lowest BCUT2D eigenvalue weighted by atomic mass is 10.1. The number of para-hydroxylation sites is 1. The van der Waals surface area contributed by atoms with Crippen LogP contribution in [0.4, 0.5) is 0 Å². The van der Waals surface area contributed by atoms with Crippen LogP contribution in [0.1, 0.15) is 24.8 Å². The Morgan fingerprint density at radius 3 is 2.65 bits per heavy atom. The predicted molar refractivity (Wildman–Crippen MR) is 89.9 cm³/mol. The van der Waals surface area contributed by atoms with Crippen LogP contribution in [0.3, 0.4) is 0 Å². The highest BCUT2D eigenvalue weighted by molar-refractivity contribution is 5.89. The highest BCUT2D eigenvalue weighted by atomic mass is 16.5. The van der Waals surface area contributed by atoms with Crippen LogP contribution in [0.15, 0.2) is 29.1 Å². The Balaban J connectivity index is 2.06. The van der Waals surface area contributed by atoms with E-state index in [0.717, 1.165) is 36.9 Å². The number of carbonyl (C=O) groups is 1. The molecule has 0 N–H and O–H groups in total. The third-order valence-corrected chi connectivity index (χ3v) is 4.52. The Kier molecular flexibility index (Phi) is 4.37. The molecule has 5 heteroatoms. The molecule has 0 bridgehead atoms. The molecule has 3 rings (SSSR count). The smallest absolute Gasteiger partial charge is 0.251 e. The largest absolute Gasteiger partial charge is 0.495 e. The number of hydrogen-bond donors (Lipinski definition) is 0. The molecule has 5 nitrogen and oxygen atoms in total. The molecule has 1 amide bonds. The van der Waals surface area contributed by atoms with E-state index < -0.39 is 0 Å². The number of amides is 1. The van der Waals surface area contributed by atoms with Crippen molar-refractivity contribution >= 4 is 16.8 Å². The van der Waals surface area contributed by atoms with Gasteiger partial charge in [-0.1, -0.05) is 12.1 Å². The number of aryl methyl sites for hydroxylation is 1. The lowest BCUT2D eigenvalue weighted by Gasteiger charge is -2.27. The predicted octanol–water partition coefficient (Wildman–Crippen LogP) is 2.33. The molecular formula is C18H22N2O3. The van der Waals surface area contributed by atoms with E-state index >= 15 is 0 Å². The van der Waals surface area contributed by atoms with E-state index in [0.29, 0.717) is 11.3 Å². The van der Waals surface area contributed by atoms with Crippen LogP contribution >= 0.6 is 0 Å². The number of likely N-dealkylation sites (tertiary alicyclic amines) is 1. The molecule has 0 radical (unpaired) electrons. The van der Waals surface area contributed by atoms with E-state index in [1.807, 2.05) is 30.0 Å². The van der Waals surface area contributed by atoms with E-state index in [1.54, 1.807) is 13.2 Å². The molecular weight excluding hydrogens is 292 g/mol. The number of rotatable bonds is 3. The topological polar surface area (TPSA) is 51.5 Å². The van der Waals surface area contributed by atoms with Crippen LogP contribution in [0, 0.1) is 6.92 Å². The fourth-order valence-corrected chi connectivity index (χ4v) is 3.27. The maximum atomic E-state index is 12.6. The van der Waals surface area contributed by atoms with E-state index in [-0.39, 0.29) is 18.0 Å². The Bertz CT molecular complexity index is 789. The van der Waals surface area contributed by atoms with Gasteiger partial charge in [0.25, 0.3) is 5.56 Å². The number of carbonyl (C=O) groups excluding carboxylic acids is 1. The fraction of sp³-hybridized carbons (Fsp3) is 0.444. The molecule has 2 heterocycles. The van der Waals surface area contributed by atoms with Crippen molar-refractivity contribution in [1.82, 2.24) is 9.47 Å².